The smallest absolute Gasteiger partial charge is 0.328 e. The molecule has 2 heterocycles. The average Bonchev–Trinajstić information content (AvgIpc) is 3.15. The number of carbonyl (C=O) groups is 2. The summed E-state index contributed by atoms with van der Waals surface area (Å²) < 4.78 is 12.5. The van der Waals surface area contributed by atoms with Gasteiger partial charge in [0.1, 0.15) is 12.1 Å². The van der Waals surface area contributed by atoms with E-state index in [-0.39, 0.29) is 17.5 Å². The normalized spacial score (nSPS) is 14.0. The number of pyridine rings is 1. The van der Waals surface area contributed by atoms with Gasteiger partial charge in [-0.3, -0.25) is 4.79 Å². The summed E-state index contributed by atoms with van der Waals surface area (Å²) in [6, 6.07) is 7.86. The Morgan fingerprint density at radius 1 is 1.19 bits per heavy atom. The molecular formula is C22H24ClN3O5. The molecule has 0 fully saturated rings. The third-order valence-corrected chi connectivity index (χ3v) is 5.36. The van der Waals surface area contributed by atoms with Gasteiger partial charge in [0, 0.05) is 34.4 Å². The Balaban J connectivity index is 1.65. The summed E-state index contributed by atoms with van der Waals surface area (Å²) in [6.45, 7) is 5.23. The van der Waals surface area contributed by atoms with Gasteiger partial charge in [-0.15, -0.1) is 0 Å². The molecule has 31 heavy (non-hydrogen) atoms. The monoisotopic (exact) mass is 445 g/mol. The maximum absolute atomic E-state index is 12.5. The van der Waals surface area contributed by atoms with E-state index < -0.39 is 29.8 Å². The molecule has 3 atom stereocenters. The Morgan fingerprint density at radius 2 is 1.94 bits per heavy atom. The predicted octanol–water partition coefficient (Wildman–Crippen LogP) is 3.72. The van der Waals surface area contributed by atoms with Crippen LogP contribution in [-0.2, 0) is 9.53 Å². The standard InChI is InChI=1S/C22H24ClN3O5/c1-12(25-21(28)19-20(27)18(30-4)7-9-24-19)22(29)31-14(3)13(2)26-10-8-15-11-16(23)5-6-17(15)26/h5-14,27H,1-4H3,(H,25,28). The van der Waals surface area contributed by atoms with Crippen molar-refractivity contribution in [3.05, 3.63) is 53.4 Å². The quantitative estimate of drug-likeness (QED) is 0.537. The van der Waals surface area contributed by atoms with Crippen molar-refractivity contribution in [2.24, 2.45) is 0 Å². The van der Waals surface area contributed by atoms with Crippen LogP contribution in [0.3, 0.4) is 0 Å². The number of esters is 1. The number of benzene rings is 1. The van der Waals surface area contributed by atoms with Gasteiger partial charge in [-0.2, -0.15) is 0 Å². The number of aromatic hydroxyl groups is 1. The van der Waals surface area contributed by atoms with Crippen LogP contribution in [0.25, 0.3) is 10.9 Å². The molecule has 2 aromatic heterocycles. The summed E-state index contributed by atoms with van der Waals surface area (Å²) >= 11 is 6.05. The molecule has 3 aromatic rings. The van der Waals surface area contributed by atoms with Gasteiger partial charge in [0.05, 0.1) is 13.2 Å². The summed E-state index contributed by atoms with van der Waals surface area (Å²) in [5.74, 6) is -1.60. The van der Waals surface area contributed by atoms with Gasteiger partial charge in [-0.1, -0.05) is 11.6 Å². The fourth-order valence-electron chi connectivity index (χ4n) is 3.19. The first-order valence-corrected chi connectivity index (χ1v) is 10.1. The average molecular weight is 446 g/mol. The number of nitrogens with zero attached hydrogens (tertiary/aromatic N) is 2. The number of halogens is 1. The molecule has 0 saturated heterocycles. The van der Waals surface area contributed by atoms with Crippen LogP contribution in [0.5, 0.6) is 11.5 Å². The van der Waals surface area contributed by atoms with Crippen molar-refractivity contribution in [3.8, 4) is 11.5 Å². The molecule has 164 valence electrons. The zero-order valence-electron chi connectivity index (χ0n) is 17.6. The summed E-state index contributed by atoms with van der Waals surface area (Å²) in [5, 5.41) is 14.2. The van der Waals surface area contributed by atoms with Gasteiger partial charge >= 0.3 is 5.97 Å². The summed E-state index contributed by atoms with van der Waals surface area (Å²) in [5.41, 5.74) is 0.735. The van der Waals surface area contributed by atoms with Crippen molar-refractivity contribution >= 4 is 34.4 Å². The third kappa shape index (κ3) is 4.74. The highest BCUT2D eigenvalue weighted by molar-refractivity contribution is 6.31. The number of carbonyl (C=O) groups excluding carboxylic acids is 2. The number of aromatic nitrogens is 2. The molecule has 9 heteroatoms. The van der Waals surface area contributed by atoms with Crippen molar-refractivity contribution in [3.63, 3.8) is 0 Å². The van der Waals surface area contributed by atoms with Gasteiger partial charge in [0.15, 0.2) is 17.2 Å². The lowest BCUT2D eigenvalue weighted by atomic mass is 10.2. The molecule has 8 nitrogen and oxygen atoms in total. The SMILES string of the molecule is COc1ccnc(C(=O)NC(C)C(=O)OC(C)C(C)n2ccc3cc(Cl)ccc32)c1O. The second-order valence-corrected chi connectivity index (χ2v) is 7.65. The molecule has 0 spiro atoms. The first-order chi connectivity index (χ1) is 14.7. The van der Waals surface area contributed by atoms with Gasteiger partial charge in [-0.05, 0) is 45.0 Å². The second kappa shape index (κ2) is 9.26. The zero-order chi connectivity index (χ0) is 22.7. The van der Waals surface area contributed by atoms with Crippen LogP contribution < -0.4 is 10.1 Å². The highest BCUT2D eigenvalue weighted by Crippen LogP contribution is 2.28. The van der Waals surface area contributed by atoms with Crippen molar-refractivity contribution in [1.29, 1.82) is 0 Å². The number of rotatable bonds is 7. The fourth-order valence-corrected chi connectivity index (χ4v) is 3.37. The molecule has 0 aliphatic heterocycles. The Hall–Kier alpha value is -3.26. The molecule has 0 saturated carbocycles. The van der Waals surface area contributed by atoms with Crippen LogP contribution >= 0.6 is 11.6 Å². The van der Waals surface area contributed by atoms with E-state index in [4.69, 9.17) is 21.1 Å². The van der Waals surface area contributed by atoms with Crippen molar-refractivity contribution in [2.45, 2.75) is 39.0 Å². The molecule has 1 aromatic carbocycles. The maximum Gasteiger partial charge on any atom is 0.328 e. The van der Waals surface area contributed by atoms with E-state index in [1.807, 2.05) is 42.0 Å². The molecule has 1 amide bonds. The number of fused-ring (bicyclic) bond motifs is 1. The van der Waals surface area contributed by atoms with Crippen LogP contribution in [0.2, 0.25) is 5.02 Å². The molecule has 2 N–H and O–H groups in total. The number of nitrogens with one attached hydrogen (secondary N) is 1. The Labute approximate surface area is 184 Å². The highest BCUT2D eigenvalue weighted by atomic mass is 35.5. The lowest BCUT2D eigenvalue weighted by Gasteiger charge is -2.24. The molecule has 0 radical (unpaired) electrons. The summed E-state index contributed by atoms with van der Waals surface area (Å²) in [4.78, 5) is 28.8. The highest BCUT2D eigenvalue weighted by Gasteiger charge is 2.26. The van der Waals surface area contributed by atoms with Gasteiger partial charge in [0.25, 0.3) is 5.91 Å². The second-order valence-electron chi connectivity index (χ2n) is 7.21. The van der Waals surface area contributed by atoms with Crippen LogP contribution in [-0.4, -0.2) is 45.8 Å². The van der Waals surface area contributed by atoms with Crippen LogP contribution in [0.1, 0.15) is 37.3 Å². The minimum atomic E-state index is -0.949. The molecule has 0 aliphatic rings. The first kappa shape index (κ1) is 22.4. The minimum Gasteiger partial charge on any atom is -0.503 e. The van der Waals surface area contributed by atoms with Crippen LogP contribution in [0.4, 0.5) is 0 Å². The molecular weight excluding hydrogens is 422 g/mol. The number of amides is 1. The van der Waals surface area contributed by atoms with E-state index in [2.05, 4.69) is 10.3 Å². The van der Waals surface area contributed by atoms with Crippen LogP contribution in [0, 0.1) is 0 Å². The fraction of sp³-hybridized carbons (Fsp3) is 0.318. The van der Waals surface area contributed by atoms with Crippen molar-refractivity contribution in [2.75, 3.05) is 7.11 Å². The molecule has 0 aliphatic carbocycles. The molecule has 3 unspecified atom stereocenters. The summed E-state index contributed by atoms with van der Waals surface area (Å²) in [7, 11) is 1.36. The molecule has 3 rings (SSSR count). The summed E-state index contributed by atoms with van der Waals surface area (Å²) in [6.07, 6.45) is 2.77. The van der Waals surface area contributed by atoms with Gasteiger partial charge in [0.2, 0.25) is 0 Å². The Morgan fingerprint density at radius 3 is 2.65 bits per heavy atom. The largest absolute Gasteiger partial charge is 0.503 e. The Bertz CT molecular complexity index is 1110. The maximum atomic E-state index is 12.5. The van der Waals surface area contributed by atoms with Gasteiger partial charge in [-0.25, -0.2) is 9.78 Å². The lowest BCUT2D eigenvalue weighted by Crippen LogP contribution is -2.41. The molecule has 0 bridgehead atoms. The van der Waals surface area contributed by atoms with E-state index in [0.717, 1.165) is 10.9 Å². The minimum absolute atomic E-state index is 0.109. The van der Waals surface area contributed by atoms with E-state index in [9.17, 15) is 14.7 Å². The topological polar surface area (TPSA) is 103 Å². The van der Waals surface area contributed by atoms with Gasteiger partial charge < -0.3 is 24.5 Å². The number of hydrogen-bond acceptors (Lipinski definition) is 6. The van der Waals surface area contributed by atoms with Crippen LogP contribution in [0.15, 0.2) is 42.7 Å². The van der Waals surface area contributed by atoms with E-state index in [1.54, 1.807) is 6.92 Å². The number of hydrogen-bond donors (Lipinski definition) is 2. The van der Waals surface area contributed by atoms with Crippen molar-refractivity contribution < 1.29 is 24.2 Å². The van der Waals surface area contributed by atoms with Crippen molar-refractivity contribution in [1.82, 2.24) is 14.9 Å². The number of ether oxygens (including phenoxy) is 2. The predicted molar refractivity (Wildman–Crippen MR) is 117 cm³/mol. The zero-order valence-corrected chi connectivity index (χ0v) is 18.4. The van der Waals surface area contributed by atoms with E-state index >= 15 is 0 Å². The first-order valence-electron chi connectivity index (χ1n) is 9.72. The van der Waals surface area contributed by atoms with E-state index in [0.29, 0.717) is 5.02 Å². The third-order valence-electron chi connectivity index (χ3n) is 5.13. The Kier molecular flexibility index (Phi) is 6.70. The number of methoxy groups -OCH3 is 1. The van der Waals surface area contributed by atoms with E-state index in [1.165, 1.54) is 26.3 Å². The lowest BCUT2D eigenvalue weighted by molar-refractivity contribution is -0.151.